The molecule has 3 aliphatic rings. The van der Waals surface area contributed by atoms with Crippen molar-refractivity contribution in [2.75, 3.05) is 37.6 Å². The third-order valence-electron chi connectivity index (χ3n) is 6.11. The van der Waals surface area contributed by atoms with E-state index in [1.807, 2.05) is 9.80 Å². The predicted molar refractivity (Wildman–Crippen MR) is 96.0 cm³/mol. The number of piperazine rings is 1. The number of benzene rings is 1. The second kappa shape index (κ2) is 7.31. The summed E-state index contributed by atoms with van der Waals surface area (Å²) < 4.78 is 38.8. The van der Waals surface area contributed by atoms with E-state index in [1.54, 1.807) is 6.07 Å². The number of alkyl halides is 3. The Morgan fingerprint density at radius 2 is 1.89 bits per heavy atom. The summed E-state index contributed by atoms with van der Waals surface area (Å²) in [6, 6.07) is 5.62. The van der Waals surface area contributed by atoms with Gasteiger partial charge < -0.3 is 9.80 Å². The van der Waals surface area contributed by atoms with Crippen LogP contribution in [-0.4, -0.2) is 49.6 Å². The second-order valence-electron chi connectivity index (χ2n) is 7.71. The molecule has 1 aliphatic carbocycles. The number of carbonyl (C=O) groups is 1. The summed E-state index contributed by atoms with van der Waals surface area (Å²) in [5.41, 5.74) is 6.38. The molecule has 2 heterocycles. The zero-order valence-electron chi connectivity index (χ0n) is 15.1. The molecule has 5 nitrogen and oxygen atoms in total. The average molecular weight is 382 g/mol. The molecule has 0 radical (unpaired) electrons. The van der Waals surface area contributed by atoms with E-state index in [1.165, 1.54) is 12.1 Å². The van der Waals surface area contributed by atoms with Crippen LogP contribution in [0.5, 0.6) is 0 Å². The van der Waals surface area contributed by atoms with Crippen LogP contribution in [0.3, 0.4) is 0 Å². The third kappa shape index (κ3) is 3.78. The van der Waals surface area contributed by atoms with Gasteiger partial charge in [0.25, 0.3) is 0 Å². The Kier molecular flexibility index (Phi) is 5.03. The zero-order valence-corrected chi connectivity index (χ0v) is 15.1. The van der Waals surface area contributed by atoms with E-state index in [2.05, 4.69) is 10.9 Å². The van der Waals surface area contributed by atoms with Gasteiger partial charge in [0.1, 0.15) is 0 Å². The molecule has 0 bridgehead atoms. The highest BCUT2D eigenvalue weighted by molar-refractivity contribution is 5.80. The molecule has 3 fully saturated rings. The number of nitrogens with zero attached hydrogens (tertiary/aromatic N) is 2. The van der Waals surface area contributed by atoms with Gasteiger partial charge in [0.05, 0.1) is 11.5 Å². The van der Waals surface area contributed by atoms with E-state index in [4.69, 9.17) is 0 Å². The van der Waals surface area contributed by atoms with E-state index in [-0.39, 0.29) is 17.9 Å². The Morgan fingerprint density at radius 3 is 2.63 bits per heavy atom. The van der Waals surface area contributed by atoms with E-state index >= 15 is 0 Å². The SMILES string of the molecule is O=C(C1CCCC2CNNC21)N1CCN(c2cccc(C(F)(F)F)c2)CC1. The largest absolute Gasteiger partial charge is 0.416 e. The highest BCUT2D eigenvalue weighted by Gasteiger charge is 2.42. The number of anilines is 1. The lowest BCUT2D eigenvalue weighted by Crippen LogP contribution is -2.54. The van der Waals surface area contributed by atoms with Crippen molar-refractivity contribution in [1.82, 2.24) is 15.8 Å². The topological polar surface area (TPSA) is 47.6 Å². The molecule has 3 unspecified atom stereocenters. The molecule has 3 atom stereocenters. The maximum atomic E-state index is 13.0. The summed E-state index contributed by atoms with van der Waals surface area (Å²) in [6.45, 7) is 3.13. The number of nitrogens with one attached hydrogen (secondary N) is 2. The first-order chi connectivity index (χ1) is 12.9. The molecular formula is C19H25F3N4O. The number of hydrogen-bond acceptors (Lipinski definition) is 4. The highest BCUT2D eigenvalue weighted by Crippen LogP contribution is 2.34. The first-order valence-corrected chi connectivity index (χ1v) is 9.63. The highest BCUT2D eigenvalue weighted by atomic mass is 19.4. The summed E-state index contributed by atoms with van der Waals surface area (Å²) in [7, 11) is 0. The van der Waals surface area contributed by atoms with Crippen LogP contribution in [0.4, 0.5) is 18.9 Å². The van der Waals surface area contributed by atoms with Crippen molar-refractivity contribution in [3.8, 4) is 0 Å². The van der Waals surface area contributed by atoms with Crippen LogP contribution in [0.2, 0.25) is 0 Å². The van der Waals surface area contributed by atoms with Crippen molar-refractivity contribution in [2.45, 2.75) is 31.5 Å². The molecule has 1 aromatic carbocycles. The zero-order chi connectivity index (χ0) is 19.0. The molecule has 27 heavy (non-hydrogen) atoms. The Labute approximate surface area is 156 Å². The lowest BCUT2D eigenvalue weighted by atomic mass is 9.77. The fourth-order valence-electron chi connectivity index (χ4n) is 4.62. The number of hydrogen-bond donors (Lipinski definition) is 2. The first-order valence-electron chi connectivity index (χ1n) is 9.63. The summed E-state index contributed by atoms with van der Waals surface area (Å²) in [6.07, 6.45) is -1.21. The van der Waals surface area contributed by atoms with Crippen LogP contribution >= 0.6 is 0 Å². The predicted octanol–water partition coefficient (Wildman–Crippen LogP) is 2.25. The number of carbonyl (C=O) groups excluding carboxylic acids is 1. The lowest BCUT2D eigenvalue weighted by Gasteiger charge is -2.40. The number of amides is 1. The van der Waals surface area contributed by atoms with Crippen LogP contribution in [0.25, 0.3) is 0 Å². The smallest absolute Gasteiger partial charge is 0.368 e. The van der Waals surface area contributed by atoms with Gasteiger partial charge in [-0.2, -0.15) is 13.2 Å². The van der Waals surface area contributed by atoms with Gasteiger partial charge in [0, 0.05) is 44.5 Å². The average Bonchev–Trinajstić information content (AvgIpc) is 3.16. The van der Waals surface area contributed by atoms with Crippen molar-refractivity contribution in [3.63, 3.8) is 0 Å². The Morgan fingerprint density at radius 1 is 1.11 bits per heavy atom. The molecule has 4 rings (SSSR count). The van der Waals surface area contributed by atoms with Crippen molar-refractivity contribution in [3.05, 3.63) is 29.8 Å². The molecule has 1 saturated carbocycles. The molecule has 2 saturated heterocycles. The Balaban J connectivity index is 1.38. The summed E-state index contributed by atoms with van der Waals surface area (Å²) in [4.78, 5) is 16.8. The summed E-state index contributed by atoms with van der Waals surface area (Å²) in [5, 5.41) is 0. The molecule has 1 aromatic rings. The molecular weight excluding hydrogens is 357 g/mol. The fourth-order valence-corrected chi connectivity index (χ4v) is 4.62. The minimum Gasteiger partial charge on any atom is -0.368 e. The maximum absolute atomic E-state index is 13.0. The molecule has 1 amide bonds. The first kappa shape index (κ1) is 18.6. The molecule has 2 N–H and O–H groups in total. The van der Waals surface area contributed by atoms with Crippen LogP contribution in [-0.2, 0) is 11.0 Å². The van der Waals surface area contributed by atoms with Gasteiger partial charge in [0.15, 0.2) is 0 Å². The summed E-state index contributed by atoms with van der Waals surface area (Å²) >= 11 is 0. The van der Waals surface area contributed by atoms with Gasteiger partial charge in [-0.1, -0.05) is 12.5 Å². The van der Waals surface area contributed by atoms with E-state index in [9.17, 15) is 18.0 Å². The lowest BCUT2D eigenvalue weighted by molar-refractivity contribution is -0.138. The Bertz CT molecular complexity index is 688. The van der Waals surface area contributed by atoms with Crippen LogP contribution in [0, 0.1) is 11.8 Å². The minimum atomic E-state index is -4.34. The molecule has 0 spiro atoms. The van der Waals surface area contributed by atoms with Crippen molar-refractivity contribution in [2.24, 2.45) is 11.8 Å². The number of hydrazine groups is 1. The third-order valence-corrected chi connectivity index (χ3v) is 6.11. The van der Waals surface area contributed by atoms with Crippen molar-refractivity contribution in [1.29, 1.82) is 0 Å². The van der Waals surface area contributed by atoms with Crippen LogP contribution in [0.15, 0.2) is 24.3 Å². The van der Waals surface area contributed by atoms with Gasteiger partial charge in [0.2, 0.25) is 5.91 Å². The fraction of sp³-hybridized carbons (Fsp3) is 0.632. The van der Waals surface area contributed by atoms with Gasteiger partial charge in [-0.05, 0) is 37.0 Å². The normalized spacial score (nSPS) is 28.9. The van der Waals surface area contributed by atoms with E-state index in [0.717, 1.165) is 31.9 Å². The quantitative estimate of drug-likeness (QED) is 0.824. The van der Waals surface area contributed by atoms with E-state index in [0.29, 0.717) is 37.8 Å². The van der Waals surface area contributed by atoms with Crippen molar-refractivity contribution < 1.29 is 18.0 Å². The molecule has 0 aromatic heterocycles. The monoisotopic (exact) mass is 382 g/mol. The van der Waals surface area contributed by atoms with Gasteiger partial charge in [-0.25, -0.2) is 0 Å². The maximum Gasteiger partial charge on any atom is 0.416 e. The minimum absolute atomic E-state index is 0.00106. The van der Waals surface area contributed by atoms with Crippen LogP contribution < -0.4 is 15.8 Å². The number of fused-ring (bicyclic) bond motifs is 1. The second-order valence-corrected chi connectivity index (χ2v) is 7.71. The van der Waals surface area contributed by atoms with Gasteiger partial charge in [-0.15, -0.1) is 0 Å². The number of halogens is 3. The van der Waals surface area contributed by atoms with E-state index < -0.39 is 11.7 Å². The number of rotatable bonds is 2. The standard InChI is InChI=1S/C19H25F3N4O/c20-19(21,22)14-4-2-5-15(11-14)25-7-9-26(10-8-25)18(27)16-6-1-3-13-12-23-24-17(13)16/h2,4-5,11,13,16-17,23-24H,1,3,6-10,12H2. The van der Waals surface area contributed by atoms with Gasteiger partial charge >= 0.3 is 6.18 Å². The van der Waals surface area contributed by atoms with Crippen molar-refractivity contribution >= 4 is 11.6 Å². The summed E-state index contributed by atoms with van der Waals surface area (Å²) in [5.74, 6) is 0.697. The molecule has 8 heteroatoms. The van der Waals surface area contributed by atoms with Crippen LogP contribution in [0.1, 0.15) is 24.8 Å². The molecule has 2 aliphatic heterocycles. The molecule has 148 valence electrons. The Hall–Kier alpha value is -1.80. The van der Waals surface area contributed by atoms with Gasteiger partial charge in [-0.3, -0.25) is 15.6 Å².